The second-order valence-electron chi connectivity index (χ2n) is 5.14. The predicted octanol–water partition coefficient (Wildman–Crippen LogP) is 1.53. The molecule has 0 spiro atoms. The molecular formula is C15H22N2O3. The smallest absolute Gasteiger partial charge is 0.335 e. The lowest BCUT2D eigenvalue weighted by atomic mass is 10.1. The highest BCUT2D eigenvalue weighted by atomic mass is 16.5. The van der Waals surface area contributed by atoms with Crippen molar-refractivity contribution < 1.29 is 14.6 Å². The van der Waals surface area contributed by atoms with Gasteiger partial charge in [-0.25, -0.2) is 4.79 Å². The second kappa shape index (κ2) is 6.72. The zero-order chi connectivity index (χ0) is 14.5. The summed E-state index contributed by atoms with van der Waals surface area (Å²) in [4.78, 5) is 15.7. The Hall–Kier alpha value is -1.59. The van der Waals surface area contributed by atoms with Crippen LogP contribution in [-0.4, -0.2) is 60.7 Å². The molecule has 0 amide bonds. The topological polar surface area (TPSA) is 53.0 Å². The monoisotopic (exact) mass is 278 g/mol. The molecule has 1 heterocycles. The van der Waals surface area contributed by atoms with Gasteiger partial charge < -0.3 is 14.7 Å². The Morgan fingerprint density at radius 2 is 2.00 bits per heavy atom. The fraction of sp³-hybridized carbons (Fsp3) is 0.533. The highest BCUT2D eigenvalue weighted by Gasteiger charge is 2.17. The number of aromatic carboxylic acids is 1. The van der Waals surface area contributed by atoms with E-state index in [0.717, 1.165) is 44.0 Å². The number of hydrogen-bond donors (Lipinski definition) is 1. The largest absolute Gasteiger partial charge is 0.494 e. The van der Waals surface area contributed by atoms with Gasteiger partial charge in [-0.2, -0.15) is 0 Å². The van der Waals surface area contributed by atoms with E-state index in [2.05, 4.69) is 16.8 Å². The number of nitrogens with zero attached hydrogens (tertiary/aromatic N) is 2. The van der Waals surface area contributed by atoms with Gasteiger partial charge in [-0.05, 0) is 32.2 Å². The van der Waals surface area contributed by atoms with Crippen molar-refractivity contribution in [3.05, 3.63) is 29.3 Å². The van der Waals surface area contributed by atoms with Crippen molar-refractivity contribution in [3.63, 3.8) is 0 Å². The Kier molecular flexibility index (Phi) is 4.98. The molecule has 0 aromatic heterocycles. The van der Waals surface area contributed by atoms with Crippen molar-refractivity contribution >= 4 is 5.97 Å². The molecule has 1 aliphatic rings. The Morgan fingerprint density at radius 1 is 1.30 bits per heavy atom. The summed E-state index contributed by atoms with van der Waals surface area (Å²) in [6.07, 6.45) is 0. The van der Waals surface area contributed by atoms with E-state index in [1.807, 2.05) is 6.92 Å². The van der Waals surface area contributed by atoms with Gasteiger partial charge in [0.15, 0.2) is 0 Å². The molecular weight excluding hydrogens is 256 g/mol. The van der Waals surface area contributed by atoms with E-state index in [4.69, 9.17) is 9.84 Å². The Labute approximate surface area is 119 Å². The zero-order valence-electron chi connectivity index (χ0n) is 12.1. The standard InChI is InChI=1S/C15H22N2O3/c1-3-20-14-5-4-12(15(18)19)10-13(14)11-17-8-6-16(2)7-9-17/h4-5,10H,3,6-9,11H2,1-2H3,(H,18,19). The molecule has 0 saturated carbocycles. The number of carbonyl (C=O) groups is 1. The van der Waals surface area contributed by atoms with Gasteiger partial charge in [-0.15, -0.1) is 0 Å². The first-order valence-corrected chi connectivity index (χ1v) is 7.00. The summed E-state index contributed by atoms with van der Waals surface area (Å²) >= 11 is 0. The van der Waals surface area contributed by atoms with Gasteiger partial charge in [0.05, 0.1) is 12.2 Å². The minimum Gasteiger partial charge on any atom is -0.494 e. The first-order valence-electron chi connectivity index (χ1n) is 7.00. The molecule has 1 aromatic rings. The maximum absolute atomic E-state index is 11.1. The number of benzene rings is 1. The van der Waals surface area contributed by atoms with Crippen LogP contribution in [0.1, 0.15) is 22.8 Å². The molecule has 110 valence electrons. The third-order valence-corrected chi connectivity index (χ3v) is 3.60. The van der Waals surface area contributed by atoms with E-state index in [-0.39, 0.29) is 0 Å². The highest BCUT2D eigenvalue weighted by Crippen LogP contribution is 2.22. The van der Waals surface area contributed by atoms with E-state index in [9.17, 15) is 4.79 Å². The lowest BCUT2D eigenvalue weighted by Gasteiger charge is -2.32. The number of carboxylic acids is 1. The molecule has 0 atom stereocenters. The van der Waals surface area contributed by atoms with Crippen LogP contribution in [0.5, 0.6) is 5.75 Å². The summed E-state index contributed by atoms with van der Waals surface area (Å²) < 4.78 is 5.60. The fourth-order valence-electron chi connectivity index (χ4n) is 2.38. The van der Waals surface area contributed by atoms with E-state index in [1.165, 1.54) is 0 Å². The maximum atomic E-state index is 11.1. The van der Waals surface area contributed by atoms with Gasteiger partial charge in [0.1, 0.15) is 5.75 Å². The van der Waals surface area contributed by atoms with Crippen LogP contribution in [0.4, 0.5) is 0 Å². The third kappa shape index (κ3) is 3.71. The number of piperazine rings is 1. The van der Waals surface area contributed by atoms with Crippen molar-refractivity contribution in [2.24, 2.45) is 0 Å². The zero-order valence-corrected chi connectivity index (χ0v) is 12.1. The molecule has 0 radical (unpaired) electrons. The molecule has 20 heavy (non-hydrogen) atoms. The highest BCUT2D eigenvalue weighted by molar-refractivity contribution is 5.88. The predicted molar refractivity (Wildman–Crippen MR) is 77.3 cm³/mol. The summed E-state index contributed by atoms with van der Waals surface area (Å²) in [5.41, 5.74) is 1.27. The lowest BCUT2D eigenvalue weighted by Crippen LogP contribution is -2.43. The molecule has 1 fully saturated rings. The number of likely N-dealkylation sites (N-methyl/N-ethyl adjacent to an activating group) is 1. The fourth-order valence-corrected chi connectivity index (χ4v) is 2.38. The Bertz CT molecular complexity index is 468. The van der Waals surface area contributed by atoms with Crippen molar-refractivity contribution in [2.45, 2.75) is 13.5 Å². The van der Waals surface area contributed by atoms with Gasteiger partial charge in [-0.3, -0.25) is 4.90 Å². The third-order valence-electron chi connectivity index (χ3n) is 3.60. The molecule has 1 aromatic carbocycles. The lowest BCUT2D eigenvalue weighted by molar-refractivity contribution is 0.0696. The van der Waals surface area contributed by atoms with Crippen LogP contribution in [0, 0.1) is 0 Å². The summed E-state index contributed by atoms with van der Waals surface area (Å²) in [6.45, 7) is 7.35. The van der Waals surface area contributed by atoms with Crippen LogP contribution in [0.3, 0.4) is 0 Å². The average molecular weight is 278 g/mol. The number of carboxylic acid groups (broad SMARTS) is 1. The molecule has 0 aliphatic carbocycles. The number of rotatable bonds is 5. The summed E-state index contributed by atoms with van der Waals surface area (Å²) in [5, 5.41) is 9.11. The molecule has 1 N–H and O–H groups in total. The first kappa shape index (κ1) is 14.8. The number of ether oxygens (including phenoxy) is 1. The van der Waals surface area contributed by atoms with Gasteiger partial charge >= 0.3 is 5.97 Å². The van der Waals surface area contributed by atoms with Gasteiger partial charge in [0.2, 0.25) is 0 Å². The summed E-state index contributed by atoms with van der Waals surface area (Å²) in [5.74, 6) is -0.107. The minimum atomic E-state index is -0.896. The second-order valence-corrected chi connectivity index (χ2v) is 5.14. The van der Waals surface area contributed by atoms with Gasteiger partial charge in [0.25, 0.3) is 0 Å². The molecule has 1 aliphatic heterocycles. The van der Waals surface area contributed by atoms with Gasteiger partial charge in [-0.1, -0.05) is 0 Å². The Balaban J connectivity index is 2.14. The maximum Gasteiger partial charge on any atom is 0.335 e. The molecule has 5 nitrogen and oxygen atoms in total. The van der Waals surface area contributed by atoms with E-state index in [0.29, 0.717) is 12.2 Å². The van der Waals surface area contributed by atoms with Crippen molar-refractivity contribution in [3.8, 4) is 5.75 Å². The van der Waals surface area contributed by atoms with Crippen LogP contribution in [-0.2, 0) is 6.54 Å². The van der Waals surface area contributed by atoms with Crippen LogP contribution in [0.15, 0.2) is 18.2 Å². The van der Waals surface area contributed by atoms with E-state index in [1.54, 1.807) is 18.2 Å². The van der Waals surface area contributed by atoms with Crippen molar-refractivity contribution in [2.75, 3.05) is 39.8 Å². The van der Waals surface area contributed by atoms with Crippen LogP contribution >= 0.6 is 0 Å². The molecule has 0 bridgehead atoms. The summed E-state index contributed by atoms with van der Waals surface area (Å²) in [6, 6.07) is 5.09. The minimum absolute atomic E-state index is 0.317. The quantitative estimate of drug-likeness (QED) is 0.885. The Morgan fingerprint density at radius 3 is 2.60 bits per heavy atom. The SMILES string of the molecule is CCOc1ccc(C(=O)O)cc1CN1CCN(C)CC1. The number of hydrogen-bond acceptors (Lipinski definition) is 4. The average Bonchev–Trinajstić information content (AvgIpc) is 2.43. The molecule has 0 unspecified atom stereocenters. The molecule has 5 heteroatoms. The first-order chi connectivity index (χ1) is 9.60. The van der Waals surface area contributed by atoms with Crippen molar-refractivity contribution in [1.29, 1.82) is 0 Å². The van der Waals surface area contributed by atoms with Crippen LogP contribution in [0.2, 0.25) is 0 Å². The summed E-state index contributed by atoms with van der Waals surface area (Å²) in [7, 11) is 2.12. The van der Waals surface area contributed by atoms with Gasteiger partial charge in [0, 0.05) is 38.3 Å². The molecule has 2 rings (SSSR count). The van der Waals surface area contributed by atoms with Crippen LogP contribution < -0.4 is 4.74 Å². The van der Waals surface area contributed by atoms with E-state index < -0.39 is 5.97 Å². The van der Waals surface area contributed by atoms with E-state index >= 15 is 0 Å². The van der Waals surface area contributed by atoms with Crippen LogP contribution in [0.25, 0.3) is 0 Å². The normalized spacial score (nSPS) is 17.1. The van der Waals surface area contributed by atoms with Crippen molar-refractivity contribution in [1.82, 2.24) is 9.80 Å². The molecule has 1 saturated heterocycles.